The van der Waals surface area contributed by atoms with Gasteiger partial charge in [-0.15, -0.1) is 22.7 Å². The number of carbonyl (C=O) groups is 2. The molecule has 0 aliphatic heterocycles. The average molecular weight is 401 g/mol. The van der Waals surface area contributed by atoms with Gasteiger partial charge in [0, 0.05) is 4.47 Å². The van der Waals surface area contributed by atoms with Gasteiger partial charge in [-0.2, -0.15) is 0 Å². The summed E-state index contributed by atoms with van der Waals surface area (Å²) in [4.78, 5) is 21.1. The number of carboxylic acid groups (broad SMARTS) is 2. The molecule has 12 heteroatoms. The van der Waals surface area contributed by atoms with Crippen molar-refractivity contribution in [3.63, 3.8) is 0 Å². The minimum absolute atomic E-state index is 0.218. The molecular weight excluding hydrogens is 393 g/mol. The highest BCUT2D eigenvalue weighted by Gasteiger charge is 2.07. The fraction of sp³-hybridized carbons (Fsp3) is 0. The minimum Gasteiger partial charge on any atom is -0.477 e. The number of thiophene rings is 2. The van der Waals surface area contributed by atoms with Crippen molar-refractivity contribution in [3.05, 3.63) is 37.1 Å². The van der Waals surface area contributed by atoms with E-state index in [1.807, 2.05) is 0 Å². The van der Waals surface area contributed by atoms with Gasteiger partial charge >= 0.3 is 18.9 Å². The van der Waals surface area contributed by atoms with Gasteiger partial charge in [0.15, 0.2) is 0 Å². The average Bonchev–Trinajstić information content (AvgIpc) is 2.97. The standard InChI is InChI=1S/C5H3BO2S.C5H3BrO2S.B2H2O2/c2*6-3-1-2-9-4(3)5(7)8;1-2(3)4/h2*1-2H,(H,7,8);3-4H. The molecule has 0 atom stereocenters. The molecule has 4 radical (unpaired) electrons. The van der Waals surface area contributed by atoms with Crippen molar-refractivity contribution in [2.24, 2.45) is 0 Å². The minimum atomic E-state index is -1.67. The SMILES string of the molecule is O=C(O)c1sccc1Br.[B]B(O)O.[B]c1ccsc1C(=O)O. The van der Waals surface area contributed by atoms with Gasteiger partial charge in [-0.1, -0.05) is 11.5 Å². The quantitative estimate of drug-likeness (QED) is 0.548. The van der Waals surface area contributed by atoms with Crippen LogP contribution in [0.25, 0.3) is 0 Å². The second-order valence-corrected chi connectivity index (χ2v) is 6.01. The molecule has 0 spiro atoms. The Balaban J connectivity index is 0.000000326. The number of halogens is 1. The summed E-state index contributed by atoms with van der Waals surface area (Å²) < 4.78 is 0.653. The van der Waals surface area contributed by atoms with E-state index in [0.717, 1.165) is 11.3 Å². The Kier molecular flexibility index (Phi) is 10.1. The highest BCUT2D eigenvalue weighted by atomic mass is 79.9. The predicted octanol–water partition coefficient (Wildman–Crippen LogP) is 0.573. The molecule has 4 N–H and O–H groups in total. The number of aromatic carboxylic acids is 2. The third-order valence-electron chi connectivity index (χ3n) is 1.70. The van der Waals surface area contributed by atoms with E-state index >= 15 is 0 Å². The highest BCUT2D eigenvalue weighted by Crippen LogP contribution is 2.21. The van der Waals surface area contributed by atoms with Crippen molar-refractivity contribution in [1.29, 1.82) is 0 Å². The lowest BCUT2D eigenvalue weighted by atomic mass is 9.64. The molecule has 2 rings (SSSR count). The maximum absolute atomic E-state index is 10.3. The Morgan fingerprint density at radius 3 is 1.64 bits per heavy atom. The summed E-state index contributed by atoms with van der Waals surface area (Å²) in [5, 5.41) is 35.0. The summed E-state index contributed by atoms with van der Waals surface area (Å²) in [5.41, 5.74) is 0.340. The van der Waals surface area contributed by atoms with E-state index in [-0.39, 0.29) is 4.88 Å². The Bertz CT molecular complexity index is 562. The van der Waals surface area contributed by atoms with Gasteiger partial charge in [-0.3, -0.25) is 0 Å². The second-order valence-electron chi connectivity index (χ2n) is 3.33. The molecule has 0 saturated carbocycles. The third kappa shape index (κ3) is 8.40. The summed E-state index contributed by atoms with van der Waals surface area (Å²) >= 11 is 5.44. The Hall–Kier alpha value is -1.07. The van der Waals surface area contributed by atoms with Gasteiger partial charge in [-0.05, 0) is 32.8 Å². The maximum atomic E-state index is 10.3. The van der Waals surface area contributed by atoms with Crippen LogP contribution < -0.4 is 5.46 Å². The molecule has 0 saturated heterocycles. The molecule has 0 fully saturated rings. The lowest BCUT2D eigenvalue weighted by molar-refractivity contribution is 0.0691. The first kappa shape index (κ1) is 20.9. The summed E-state index contributed by atoms with van der Waals surface area (Å²) in [6, 6.07) is 3.29. The van der Waals surface area contributed by atoms with E-state index in [9.17, 15) is 9.59 Å². The molecule has 0 unspecified atom stereocenters. The van der Waals surface area contributed by atoms with Crippen LogP contribution in [0.4, 0.5) is 0 Å². The number of hydrogen-bond donors (Lipinski definition) is 4. The smallest absolute Gasteiger partial charge is 0.381 e. The fourth-order valence-electron chi connectivity index (χ4n) is 0.939. The summed E-state index contributed by atoms with van der Waals surface area (Å²) in [6.07, 6.45) is 0. The van der Waals surface area contributed by atoms with E-state index in [1.165, 1.54) is 11.3 Å². The zero-order chi connectivity index (χ0) is 17.3. The first-order valence-corrected chi connectivity index (χ1v) is 7.86. The van der Waals surface area contributed by atoms with Crippen molar-refractivity contribution in [2.75, 3.05) is 0 Å². The first-order valence-electron chi connectivity index (χ1n) is 5.31. The maximum Gasteiger partial charge on any atom is 0.381 e. The number of rotatable bonds is 2. The molecule has 22 heavy (non-hydrogen) atoms. The summed E-state index contributed by atoms with van der Waals surface area (Å²) in [7, 11) is 7.83. The molecule has 0 amide bonds. The molecule has 0 aromatic carbocycles. The van der Waals surface area contributed by atoms with E-state index in [4.69, 9.17) is 28.1 Å². The van der Waals surface area contributed by atoms with Crippen molar-refractivity contribution in [2.45, 2.75) is 0 Å². The van der Waals surface area contributed by atoms with Crippen LogP contribution in [0.3, 0.4) is 0 Å². The molecule has 112 valence electrons. The van der Waals surface area contributed by atoms with Gasteiger partial charge in [0.05, 0.1) is 0 Å². The Labute approximate surface area is 145 Å². The zero-order valence-corrected chi connectivity index (χ0v) is 14.1. The monoisotopic (exact) mass is 400 g/mol. The number of hydrogen-bond acceptors (Lipinski definition) is 6. The van der Waals surface area contributed by atoms with Crippen LogP contribution in [-0.2, 0) is 0 Å². The normalized spacial score (nSPS) is 8.86. The molecule has 6 nitrogen and oxygen atoms in total. The molecule has 2 heterocycles. The van der Waals surface area contributed by atoms with Crippen LogP contribution >= 0.6 is 38.6 Å². The van der Waals surface area contributed by atoms with Crippen molar-refractivity contribution in [3.8, 4) is 0 Å². The molecule has 0 aliphatic carbocycles. The zero-order valence-electron chi connectivity index (χ0n) is 10.8. The van der Waals surface area contributed by atoms with Crippen LogP contribution in [0.15, 0.2) is 27.4 Å². The van der Waals surface area contributed by atoms with Gasteiger partial charge in [0.25, 0.3) is 0 Å². The van der Waals surface area contributed by atoms with Crippen molar-refractivity contribution in [1.82, 2.24) is 0 Å². The fourth-order valence-corrected chi connectivity index (χ4v) is 2.97. The van der Waals surface area contributed by atoms with Crippen LogP contribution in [-0.4, -0.2) is 54.8 Å². The summed E-state index contributed by atoms with van der Waals surface area (Å²) in [6.45, 7) is 0. The van der Waals surface area contributed by atoms with Gasteiger partial charge in [0.1, 0.15) is 25.3 Å². The van der Waals surface area contributed by atoms with E-state index in [0.29, 0.717) is 14.8 Å². The van der Waals surface area contributed by atoms with Crippen molar-refractivity contribution < 1.29 is 29.9 Å². The molecule has 2 aromatic heterocycles. The van der Waals surface area contributed by atoms with E-state index < -0.39 is 18.9 Å². The molecule has 0 aliphatic rings. The molecular formula is C10H8B3BrO6S2. The van der Waals surface area contributed by atoms with Gasteiger partial charge in [0.2, 0.25) is 0 Å². The lowest BCUT2D eigenvalue weighted by Crippen LogP contribution is -2.09. The largest absolute Gasteiger partial charge is 0.477 e. The number of carboxylic acids is 2. The Morgan fingerprint density at radius 1 is 1.05 bits per heavy atom. The van der Waals surface area contributed by atoms with E-state index in [1.54, 1.807) is 22.9 Å². The predicted molar refractivity (Wildman–Crippen MR) is 91.6 cm³/mol. The highest BCUT2D eigenvalue weighted by molar-refractivity contribution is 9.10. The molecule has 2 aromatic rings. The summed E-state index contributed by atoms with van der Waals surface area (Å²) in [5.74, 6) is -1.83. The van der Waals surface area contributed by atoms with Crippen LogP contribution in [0.1, 0.15) is 19.3 Å². The van der Waals surface area contributed by atoms with Gasteiger partial charge in [-0.25, -0.2) is 9.59 Å². The second kappa shape index (κ2) is 10.6. The van der Waals surface area contributed by atoms with E-state index in [2.05, 4.69) is 23.7 Å². The van der Waals surface area contributed by atoms with Gasteiger partial charge < -0.3 is 20.3 Å². The van der Waals surface area contributed by atoms with Crippen molar-refractivity contribution >= 4 is 78.6 Å². The van der Waals surface area contributed by atoms with Crippen LogP contribution in [0.5, 0.6) is 0 Å². The topological polar surface area (TPSA) is 115 Å². The first-order chi connectivity index (χ1) is 10.2. The molecule has 0 bridgehead atoms. The van der Waals surface area contributed by atoms with Crippen LogP contribution in [0, 0.1) is 0 Å². The van der Waals surface area contributed by atoms with Crippen LogP contribution in [0.2, 0.25) is 0 Å². The Morgan fingerprint density at radius 2 is 1.45 bits per heavy atom. The third-order valence-corrected chi connectivity index (χ3v) is 4.45. The lowest BCUT2D eigenvalue weighted by Gasteiger charge is -1.86.